The molecule has 0 aromatic carbocycles. The van der Waals surface area contributed by atoms with E-state index in [2.05, 4.69) is 40.3 Å². The number of nitrogens with zero attached hydrogens (tertiary/aromatic N) is 2. The van der Waals surface area contributed by atoms with E-state index in [-0.39, 0.29) is 0 Å². The van der Waals surface area contributed by atoms with Crippen molar-refractivity contribution in [1.82, 2.24) is 10.3 Å². The van der Waals surface area contributed by atoms with Gasteiger partial charge in [-0.05, 0) is 37.8 Å². The third kappa shape index (κ3) is 2.91. The smallest absolute Gasteiger partial charge is 0.128 e. The molecule has 3 nitrogen and oxygen atoms in total. The molecule has 0 atom stereocenters. The Bertz CT molecular complexity index is 432. The van der Waals surface area contributed by atoms with E-state index >= 15 is 0 Å². The Labute approximate surface area is 109 Å². The number of rotatable bonds is 4. The summed E-state index contributed by atoms with van der Waals surface area (Å²) in [5.41, 5.74) is 2.73. The lowest BCUT2D eigenvalue weighted by molar-refractivity contribution is 0.685. The molecule has 96 valence electrons. The van der Waals surface area contributed by atoms with Crippen molar-refractivity contribution in [3.63, 3.8) is 0 Å². The fourth-order valence-corrected chi connectivity index (χ4v) is 2.36. The van der Waals surface area contributed by atoms with Crippen LogP contribution in [0.4, 0.5) is 5.82 Å². The van der Waals surface area contributed by atoms with E-state index in [4.69, 9.17) is 0 Å². The first-order valence-corrected chi connectivity index (χ1v) is 6.90. The molecule has 1 aliphatic heterocycles. The molecule has 0 amide bonds. The lowest BCUT2D eigenvalue weighted by Gasteiger charge is -2.27. The van der Waals surface area contributed by atoms with Crippen LogP contribution in [0.25, 0.3) is 0 Å². The maximum atomic E-state index is 4.59. The second kappa shape index (κ2) is 5.11. The van der Waals surface area contributed by atoms with Crippen LogP contribution in [0.2, 0.25) is 0 Å². The van der Waals surface area contributed by atoms with Crippen LogP contribution in [0.5, 0.6) is 0 Å². The summed E-state index contributed by atoms with van der Waals surface area (Å²) in [5, 5.41) is 3.52. The zero-order chi connectivity index (χ0) is 12.4. The summed E-state index contributed by atoms with van der Waals surface area (Å²) in [6.45, 7) is 5.26. The Morgan fingerprint density at radius 2 is 2.28 bits per heavy atom. The Kier molecular flexibility index (Phi) is 3.33. The first-order valence-electron chi connectivity index (χ1n) is 6.90. The Morgan fingerprint density at radius 1 is 1.39 bits per heavy atom. The van der Waals surface area contributed by atoms with Crippen molar-refractivity contribution < 1.29 is 0 Å². The van der Waals surface area contributed by atoms with E-state index in [1.165, 1.54) is 24.0 Å². The van der Waals surface area contributed by atoms with Gasteiger partial charge in [0.1, 0.15) is 5.82 Å². The molecule has 1 saturated carbocycles. The molecule has 1 aromatic rings. The summed E-state index contributed by atoms with van der Waals surface area (Å²) in [4.78, 5) is 6.95. The largest absolute Gasteiger partial charge is 0.352 e. The van der Waals surface area contributed by atoms with Gasteiger partial charge in [0.15, 0.2) is 0 Å². The maximum Gasteiger partial charge on any atom is 0.128 e. The fraction of sp³-hybridized carbons (Fsp3) is 0.533. The van der Waals surface area contributed by atoms with Gasteiger partial charge in [-0.15, -0.1) is 0 Å². The maximum absolute atomic E-state index is 4.59. The zero-order valence-corrected chi connectivity index (χ0v) is 11.0. The molecule has 0 spiro atoms. The van der Waals surface area contributed by atoms with Crippen LogP contribution in [-0.2, 0) is 6.54 Å². The lowest BCUT2D eigenvalue weighted by Crippen LogP contribution is -2.29. The summed E-state index contributed by atoms with van der Waals surface area (Å²) >= 11 is 0. The molecule has 0 saturated heterocycles. The van der Waals surface area contributed by atoms with E-state index in [0.717, 1.165) is 37.9 Å². The number of pyridine rings is 1. The Balaban J connectivity index is 1.61. The van der Waals surface area contributed by atoms with Crippen LogP contribution in [0, 0.1) is 0 Å². The van der Waals surface area contributed by atoms with Gasteiger partial charge in [-0.1, -0.05) is 17.7 Å². The fourth-order valence-electron chi connectivity index (χ4n) is 2.36. The number of hydrogen-bond acceptors (Lipinski definition) is 3. The molecule has 18 heavy (non-hydrogen) atoms. The van der Waals surface area contributed by atoms with Crippen molar-refractivity contribution in [2.75, 3.05) is 18.0 Å². The minimum absolute atomic E-state index is 0.763. The second-order valence-corrected chi connectivity index (χ2v) is 5.44. The summed E-state index contributed by atoms with van der Waals surface area (Å²) in [6.07, 6.45) is 8.15. The number of aromatic nitrogens is 1. The highest BCUT2D eigenvalue weighted by Gasteiger charge is 2.20. The summed E-state index contributed by atoms with van der Waals surface area (Å²) in [5.74, 6) is 1.11. The van der Waals surface area contributed by atoms with Crippen molar-refractivity contribution in [2.24, 2.45) is 0 Å². The Morgan fingerprint density at radius 3 is 2.94 bits per heavy atom. The van der Waals surface area contributed by atoms with E-state index in [9.17, 15) is 0 Å². The van der Waals surface area contributed by atoms with E-state index in [1.807, 2.05) is 6.20 Å². The SMILES string of the molecule is CC1=CCCN(c2ccc(CNC3CC3)cn2)C1. The van der Waals surface area contributed by atoms with Gasteiger partial charge >= 0.3 is 0 Å². The molecule has 2 heterocycles. The minimum atomic E-state index is 0.763. The average molecular weight is 243 g/mol. The topological polar surface area (TPSA) is 28.2 Å². The molecular weight excluding hydrogens is 222 g/mol. The second-order valence-electron chi connectivity index (χ2n) is 5.44. The molecule has 0 radical (unpaired) electrons. The van der Waals surface area contributed by atoms with Crippen LogP contribution >= 0.6 is 0 Å². The van der Waals surface area contributed by atoms with Gasteiger partial charge < -0.3 is 10.2 Å². The number of hydrogen-bond donors (Lipinski definition) is 1. The van der Waals surface area contributed by atoms with E-state index in [0.29, 0.717) is 0 Å². The van der Waals surface area contributed by atoms with Gasteiger partial charge in [-0.3, -0.25) is 0 Å². The minimum Gasteiger partial charge on any atom is -0.352 e. The highest BCUT2D eigenvalue weighted by atomic mass is 15.2. The highest BCUT2D eigenvalue weighted by Crippen LogP contribution is 2.20. The summed E-state index contributed by atoms with van der Waals surface area (Å²) in [7, 11) is 0. The quantitative estimate of drug-likeness (QED) is 0.824. The molecule has 1 aromatic heterocycles. The van der Waals surface area contributed by atoms with Gasteiger partial charge in [0.05, 0.1) is 0 Å². The molecule has 0 unspecified atom stereocenters. The van der Waals surface area contributed by atoms with Crippen LogP contribution in [0.1, 0.15) is 31.7 Å². The predicted octanol–water partition coefficient (Wildman–Crippen LogP) is 2.49. The molecule has 1 fully saturated rings. The molecule has 2 aliphatic rings. The molecule has 1 aliphatic carbocycles. The van der Waals surface area contributed by atoms with Crippen LogP contribution in [0.15, 0.2) is 30.0 Å². The van der Waals surface area contributed by atoms with Crippen molar-refractivity contribution in [1.29, 1.82) is 0 Å². The average Bonchev–Trinajstić information content (AvgIpc) is 3.21. The van der Waals surface area contributed by atoms with E-state index in [1.54, 1.807) is 0 Å². The van der Waals surface area contributed by atoms with Crippen LogP contribution in [-0.4, -0.2) is 24.1 Å². The third-order valence-corrected chi connectivity index (χ3v) is 3.64. The van der Waals surface area contributed by atoms with Gasteiger partial charge in [-0.25, -0.2) is 4.98 Å². The highest BCUT2D eigenvalue weighted by molar-refractivity contribution is 5.42. The van der Waals surface area contributed by atoms with Gasteiger partial charge in [-0.2, -0.15) is 0 Å². The van der Waals surface area contributed by atoms with Crippen LogP contribution in [0.3, 0.4) is 0 Å². The lowest BCUT2D eigenvalue weighted by atomic mass is 10.1. The number of anilines is 1. The monoisotopic (exact) mass is 243 g/mol. The van der Waals surface area contributed by atoms with Crippen molar-refractivity contribution in [2.45, 2.75) is 38.8 Å². The molecule has 0 bridgehead atoms. The normalized spacial score (nSPS) is 19.8. The third-order valence-electron chi connectivity index (χ3n) is 3.64. The predicted molar refractivity (Wildman–Crippen MR) is 74.7 cm³/mol. The van der Waals surface area contributed by atoms with Gasteiger partial charge in [0, 0.05) is 31.9 Å². The molecule has 3 heteroatoms. The van der Waals surface area contributed by atoms with E-state index < -0.39 is 0 Å². The molecule has 1 N–H and O–H groups in total. The van der Waals surface area contributed by atoms with Crippen LogP contribution < -0.4 is 10.2 Å². The first kappa shape index (κ1) is 11.7. The first-order chi connectivity index (χ1) is 8.81. The van der Waals surface area contributed by atoms with Crippen molar-refractivity contribution >= 4 is 5.82 Å². The van der Waals surface area contributed by atoms with Gasteiger partial charge in [0.2, 0.25) is 0 Å². The Hall–Kier alpha value is -1.35. The standard InChI is InChI=1S/C15H21N3/c1-12-3-2-8-18(11-12)15-7-4-13(10-17-15)9-16-14-5-6-14/h3-4,7,10,14,16H,2,5-6,8-9,11H2,1H3. The van der Waals surface area contributed by atoms with Crippen molar-refractivity contribution in [3.8, 4) is 0 Å². The zero-order valence-electron chi connectivity index (χ0n) is 11.0. The molecule has 3 rings (SSSR count). The summed E-state index contributed by atoms with van der Waals surface area (Å²) < 4.78 is 0. The number of nitrogens with one attached hydrogen (secondary N) is 1. The van der Waals surface area contributed by atoms with Crippen molar-refractivity contribution in [3.05, 3.63) is 35.5 Å². The summed E-state index contributed by atoms with van der Waals surface area (Å²) in [6, 6.07) is 5.12. The molecular formula is C15H21N3. The van der Waals surface area contributed by atoms with Gasteiger partial charge in [0.25, 0.3) is 0 Å².